The van der Waals surface area contributed by atoms with E-state index in [9.17, 15) is 18.0 Å². The van der Waals surface area contributed by atoms with Crippen molar-refractivity contribution < 1.29 is 23.1 Å². The van der Waals surface area contributed by atoms with E-state index in [0.717, 1.165) is 0 Å². The zero-order valence-electron chi connectivity index (χ0n) is 14.0. The predicted molar refractivity (Wildman–Crippen MR) is 88.2 cm³/mol. The van der Waals surface area contributed by atoms with Crippen molar-refractivity contribution in [2.24, 2.45) is 5.41 Å². The number of hydrogen-bond acceptors (Lipinski definition) is 4. The Morgan fingerprint density at radius 3 is 1.92 bits per heavy atom. The van der Waals surface area contributed by atoms with Gasteiger partial charge in [-0.05, 0) is 24.3 Å². The minimum Gasteiger partial charge on any atom is -0.478 e. The zero-order valence-corrected chi connectivity index (χ0v) is 14.8. The molecule has 1 fully saturated rings. The van der Waals surface area contributed by atoms with E-state index < -0.39 is 21.4 Å². The Hall–Kier alpha value is -1.93. The van der Waals surface area contributed by atoms with Crippen LogP contribution < -0.4 is 0 Å². The standard InChI is InChI=1S/C16H22N2O5S/c1-16(2,3)15(21)17-8-10-18(11-9-17)24(22,23)13-6-4-12(5-7-13)14(19)20/h4-7H,8-11H2,1-3H3,(H,19,20). The molecule has 0 atom stereocenters. The molecule has 1 aromatic rings. The summed E-state index contributed by atoms with van der Waals surface area (Å²) in [4.78, 5) is 24.8. The molecular weight excluding hydrogens is 332 g/mol. The Morgan fingerprint density at radius 1 is 1.00 bits per heavy atom. The van der Waals surface area contributed by atoms with E-state index in [1.54, 1.807) is 4.90 Å². The average molecular weight is 354 g/mol. The van der Waals surface area contributed by atoms with Crippen LogP contribution in [0.1, 0.15) is 31.1 Å². The Morgan fingerprint density at radius 2 is 1.50 bits per heavy atom. The van der Waals surface area contributed by atoms with E-state index >= 15 is 0 Å². The number of rotatable bonds is 3. The number of piperazine rings is 1. The van der Waals surface area contributed by atoms with Crippen LogP contribution in [-0.2, 0) is 14.8 Å². The van der Waals surface area contributed by atoms with Gasteiger partial charge in [-0.3, -0.25) is 4.79 Å². The average Bonchev–Trinajstić information content (AvgIpc) is 2.53. The lowest BCUT2D eigenvalue weighted by Crippen LogP contribution is -2.52. The highest BCUT2D eigenvalue weighted by Crippen LogP contribution is 2.22. The summed E-state index contributed by atoms with van der Waals surface area (Å²) in [5.74, 6) is -1.10. The molecule has 1 saturated heterocycles. The van der Waals surface area contributed by atoms with Crippen molar-refractivity contribution in [1.29, 1.82) is 0 Å². The van der Waals surface area contributed by atoms with E-state index in [2.05, 4.69) is 0 Å². The van der Waals surface area contributed by atoms with Crippen LogP contribution in [0.3, 0.4) is 0 Å². The molecule has 1 amide bonds. The van der Waals surface area contributed by atoms with Gasteiger partial charge in [-0.15, -0.1) is 0 Å². The fourth-order valence-corrected chi connectivity index (χ4v) is 3.95. The Bertz CT molecular complexity index is 727. The molecule has 0 bridgehead atoms. The van der Waals surface area contributed by atoms with Gasteiger partial charge in [0, 0.05) is 31.6 Å². The lowest BCUT2D eigenvalue weighted by Gasteiger charge is -2.37. The normalized spacial score (nSPS) is 16.9. The Balaban J connectivity index is 2.10. The van der Waals surface area contributed by atoms with Crippen LogP contribution in [-0.4, -0.2) is 60.8 Å². The molecular formula is C16H22N2O5S. The summed E-state index contributed by atoms with van der Waals surface area (Å²) in [7, 11) is -3.69. The number of carboxylic acid groups (broad SMARTS) is 1. The smallest absolute Gasteiger partial charge is 0.335 e. The molecule has 7 nitrogen and oxygen atoms in total. The number of aromatic carboxylic acids is 1. The second-order valence-electron chi connectivity index (χ2n) is 6.78. The molecule has 1 heterocycles. The first-order valence-corrected chi connectivity index (χ1v) is 9.10. The van der Waals surface area contributed by atoms with Gasteiger partial charge in [-0.25, -0.2) is 13.2 Å². The maximum Gasteiger partial charge on any atom is 0.335 e. The van der Waals surface area contributed by atoms with Crippen molar-refractivity contribution in [1.82, 2.24) is 9.21 Å². The maximum absolute atomic E-state index is 12.6. The van der Waals surface area contributed by atoms with Crippen molar-refractivity contribution in [3.8, 4) is 0 Å². The second-order valence-corrected chi connectivity index (χ2v) is 8.71. The van der Waals surface area contributed by atoms with Crippen LogP contribution in [0.2, 0.25) is 0 Å². The highest BCUT2D eigenvalue weighted by atomic mass is 32.2. The fraction of sp³-hybridized carbons (Fsp3) is 0.500. The Kier molecular flexibility index (Phi) is 5.00. The van der Waals surface area contributed by atoms with Gasteiger partial charge < -0.3 is 10.0 Å². The summed E-state index contributed by atoms with van der Waals surface area (Å²) in [6.07, 6.45) is 0. The molecule has 1 aliphatic rings. The predicted octanol–water partition coefficient (Wildman–Crippen LogP) is 1.26. The first kappa shape index (κ1) is 18.4. The van der Waals surface area contributed by atoms with Crippen LogP contribution in [0.15, 0.2) is 29.2 Å². The van der Waals surface area contributed by atoms with Gasteiger partial charge in [0.15, 0.2) is 0 Å². The number of amides is 1. The summed E-state index contributed by atoms with van der Waals surface area (Å²) in [6.45, 7) is 6.66. The molecule has 24 heavy (non-hydrogen) atoms. The number of carbonyl (C=O) groups is 2. The van der Waals surface area contributed by atoms with E-state index in [-0.39, 0.29) is 29.5 Å². The molecule has 0 saturated carbocycles. The molecule has 1 N–H and O–H groups in total. The van der Waals surface area contributed by atoms with Crippen LogP contribution in [0.5, 0.6) is 0 Å². The van der Waals surface area contributed by atoms with E-state index in [4.69, 9.17) is 5.11 Å². The maximum atomic E-state index is 12.6. The first-order chi connectivity index (χ1) is 11.0. The third-order valence-electron chi connectivity index (χ3n) is 3.91. The van der Waals surface area contributed by atoms with Crippen LogP contribution in [0.25, 0.3) is 0 Å². The molecule has 2 rings (SSSR count). The lowest BCUT2D eigenvalue weighted by molar-refractivity contribution is -0.140. The number of benzene rings is 1. The van der Waals surface area contributed by atoms with Gasteiger partial charge in [-0.1, -0.05) is 20.8 Å². The van der Waals surface area contributed by atoms with Crippen molar-refractivity contribution in [3.05, 3.63) is 29.8 Å². The SMILES string of the molecule is CC(C)(C)C(=O)N1CCN(S(=O)(=O)c2ccc(C(=O)O)cc2)CC1. The van der Waals surface area contributed by atoms with Gasteiger partial charge >= 0.3 is 5.97 Å². The summed E-state index contributed by atoms with van der Waals surface area (Å²) < 4.78 is 26.6. The monoisotopic (exact) mass is 354 g/mol. The fourth-order valence-electron chi connectivity index (χ4n) is 2.52. The summed E-state index contributed by atoms with van der Waals surface area (Å²) in [5, 5.41) is 8.88. The van der Waals surface area contributed by atoms with Crippen LogP contribution >= 0.6 is 0 Å². The van der Waals surface area contributed by atoms with Gasteiger partial charge in [0.25, 0.3) is 0 Å². The minimum atomic E-state index is -3.69. The largest absolute Gasteiger partial charge is 0.478 e. The van der Waals surface area contributed by atoms with Gasteiger partial charge in [0.05, 0.1) is 10.5 Å². The molecule has 0 aromatic heterocycles. The van der Waals surface area contributed by atoms with Crippen LogP contribution in [0, 0.1) is 5.41 Å². The van der Waals surface area contributed by atoms with Crippen molar-refractivity contribution in [2.45, 2.75) is 25.7 Å². The third-order valence-corrected chi connectivity index (χ3v) is 5.82. The minimum absolute atomic E-state index is 0.00496. The molecule has 1 aliphatic heterocycles. The van der Waals surface area contributed by atoms with Crippen molar-refractivity contribution in [3.63, 3.8) is 0 Å². The number of carboxylic acids is 1. The molecule has 132 valence electrons. The highest BCUT2D eigenvalue weighted by Gasteiger charge is 2.33. The topological polar surface area (TPSA) is 95.0 Å². The number of carbonyl (C=O) groups excluding carboxylic acids is 1. The number of hydrogen-bond donors (Lipinski definition) is 1. The molecule has 0 unspecified atom stereocenters. The number of sulfonamides is 1. The van der Waals surface area contributed by atoms with Crippen molar-refractivity contribution in [2.75, 3.05) is 26.2 Å². The molecule has 1 aromatic carbocycles. The Labute approximate surface area is 141 Å². The molecule has 0 aliphatic carbocycles. The molecule has 0 spiro atoms. The van der Waals surface area contributed by atoms with Gasteiger partial charge in [0.2, 0.25) is 15.9 Å². The second kappa shape index (κ2) is 6.52. The molecule has 8 heteroatoms. The highest BCUT2D eigenvalue weighted by molar-refractivity contribution is 7.89. The number of nitrogens with zero attached hydrogens (tertiary/aromatic N) is 2. The van der Waals surface area contributed by atoms with Gasteiger partial charge in [0.1, 0.15) is 0 Å². The van der Waals surface area contributed by atoms with Gasteiger partial charge in [-0.2, -0.15) is 4.31 Å². The summed E-state index contributed by atoms with van der Waals surface area (Å²) >= 11 is 0. The summed E-state index contributed by atoms with van der Waals surface area (Å²) in [6, 6.07) is 5.14. The van der Waals surface area contributed by atoms with E-state index in [1.165, 1.54) is 28.6 Å². The third kappa shape index (κ3) is 3.76. The molecule has 0 radical (unpaired) electrons. The summed E-state index contributed by atoms with van der Waals surface area (Å²) in [5.41, 5.74) is -0.456. The van der Waals surface area contributed by atoms with Crippen LogP contribution in [0.4, 0.5) is 0 Å². The first-order valence-electron chi connectivity index (χ1n) is 7.66. The quantitative estimate of drug-likeness (QED) is 0.882. The zero-order chi connectivity index (χ0) is 18.1. The van der Waals surface area contributed by atoms with E-state index in [1.807, 2.05) is 20.8 Å². The van der Waals surface area contributed by atoms with Crippen molar-refractivity contribution >= 4 is 21.9 Å². The lowest BCUT2D eigenvalue weighted by atomic mass is 9.94. The van der Waals surface area contributed by atoms with E-state index in [0.29, 0.717) is 13.1 Å².